The normalized spacial score (nSPS) is 5.00. The molecule has 0 spiro atoms. The standard InChI is InChI=1S/C7H7.4ClH.V/c1-7-5-3-2-4-6-7;;;;;/h2-6H,1H2;4*1H;/q-1;;;;;+4/p-4. The van der Waals surface area contributed by atoms with Crippen LogP contribution in [-0.4, -0.2) is 0 Å². The largest absolute Gasteiger partial charge is 4.00 e. The van der Waals surface area contributed by atoms with Crippen LogP contribution in [0, 0.1) is 6.92 Å². The van der Waals surface area contributed by atoms with E-state index < -0.39 is 0 Å². The second-order valence-electron chi connectivity index (χ2n) is 1.49. The van der Waals surface area contributed by atoms with Gasteiger partial charge in [-0.25, -0.2) is 0 Å². The van der Waals surface area contributed by atoms with Crippen LogP contribution in [-0.2, 0) is 18.6 Å². The minimum absolute atomic E-state index is 0. The SMILES string of the molecule is [CH2-]c1ccccc1.[Cl-].[Cl-].[Cl-].[Cl-].[V+4]. The van der Waals surface area contributed by atoms with Crippen LogP contribution in [0.5, 0.6) is 0 Å². The maximum absolute atomic E-state index is 3.72. The molecule has 0 amide bonds. The van der Waals surface area contributed by atoms with Gasteiger partial charge < -0.3 is 49.6 Å². The molecule has 0 unspecified atom stereocenters. The Balaban J connectivity index is -0.0000000327. The molecule has 1 aromatic rings. The van der Waals surface area contributed by atoms with Gasteiger partial charge in [0.2, 0.25) is 0 Å². The zero-order chi connectivity index (χ0) is 5.11. The molecule has 0 fully saturated rings. The Morgan fingerprint density at radius 3 is 1.25 bits per heavy atom. The molecule has 1 radical (unpaired) electrons. The predicted molar refractivity (Wildman–Crippen MR) is 30.9 cm³/mol. The van der Waals surface area contributed by atoms with Gasteiger partial charge in [-0.3, -0.25) is 0 Å². The van der Waals surface area contributed by atoms with Crippen molar-refractivity contribution in [3.8, 4) is 0 Å². The van der Waals surface area contributed by atoms with Crippen LogP contribution in [0.4, 0.5) is 0 Å². The van der Waals surface area contributed by atoms with Gasteiger partial charge in [0, 0.05) is 0 Å². The average molecular weight is 284 g/mol. The number of rotatable bonds is 0. The molecule has 0 aromatic heterocycles. The first-order chi connectivity index (χ1) is 3.39. The Bertz CT molecular complexity index is 145. The van der Waals surface area contributed by atoms with Crippen molar-refractivity contribution >= 4 is 0 Å². The van der Waals surface area contributed by atoms with E-state index >= 15 is 0 Å². The van der Waals surface area contributed by atoms with Crippen molar-refractivity contribution in [3.63, 3.8) is 0 Å². The van der Waals surface area contributed by atoms with Crippen LogP contribution in [0.15, 0.2) is 30.3 Å². The van der Waals surface area contributed by atoms with Gasteiger partial charge in [-0.2, -0.15) is 24.6 Å². The zero-order valence-corrected chi connectivity index (χ0v) is 10.5. The van der Waals surface area contributed by atoms with Crippen LogP contribution in [0.1, 0.15) is 5.56 Å². The quantitative estimate of drug-likeness (QED) is 0.415. The van der Waals surface area contributed by atoms with Crippen LogP contribution in [0.2, 0.25) is 0 Å². The summed E-state index contributed by atoms with van der Waals surface area (Å²) in [5, 5.41) is 0. The van der Waals surface area contributed by atoms with Crippen molar-refractivity contribution in [2.75, 3.05) is 0 Å². The summed E-state index contributed by atoms with van der Waals surface area (Å²) >= 11 is 0. The van der Waals surface area contributed by atoms with E-state index in [1.807, 2.05) is 30.3 Å². The molecule has 0 saturated heterocycles. The van der Waals surface area contributed by atoms with E-state index in [4.69, 9.17) is 0 Å². The van der Waals surface area contributed by atoms with Crippen molar-refractivity contribution in [1.29, 1.82) is 0 Å². The molecule has 0 N–H and O–H groups in total. The van der Waals surface area contributed by atoms with Crippen molar-refractivity contribution in [1.82, 2.24) is 0 Å². The van der Waals surface area contributed by atoms with Crippen molar-refractivity contribution < 1.29 is 68.2 Å². The smallest absolute Gasteiger partial charge is 1.00 e. The van der Waals surface area contributed by atoms with Gasteiger partial charge in [0.05, 0.1) is 0 Å². The third kappa shape index (κ3) is 13.4. The number of hydrogen-bond acceptors (Lipinski definition) is 0. The van der Waals surface area contributed by atoms with E-state index in [1.54, 1.807) is 0 Å². The number of benzene rings is 1. The van der Waals surface area contributed by atoms with Gasteiger partial charge in [0.25, 0.3) is 0 Å². The molecule has 0 heterocycles. The Morgan fingerprint density at radius 2 is 1.08 bits per heavy atom. The molecular formula is C7H7Cl4V-. The van der Waals surface area contributed by atoms with E-state index in [2.05, 4.69) is 6.92 Å². The molecule has 0 aliphatic carbocycles. The minimum atomic E-state index is 0. The monoisotopic (exact) mass is 282 g/mol. The van der Waals surface area contributed by atoms with E-state index in [0.29, 0.717) is 0 Å². The molecule has 0 saturated carbocycles. The molecule has 12 heavy (non-hydrogen) atoms. The van der Waals surface area contributed by atoms with Gasteiger partial charge >= 0.3 is 18.6 Å². The maximum Gasteiger partial charge on any atom is 4.00 e. The average Bonchev–Trinajstić information content (AvgIpc) is 1.69. The summed E-state index contributed by atoms with van der Waals surface area (Å²) in [7, 11) is 0. The molecule has 0 atom stereocenters. The molecular weight excluding hydrogens is 277 g/mol. The van der Waals surface area contributed by atoms with Crippen molar-refractivity contribution in [2.24, 2.45) is 0 Å². The second-order valence-corrected chi connectivity index (χ2v) is 1.49. The third-order valence-corrected chi connectivity index (χ3v) is 0.843. The summed E-state index contributed by atoms with van der Waals surface area (Å²) in [6.45, 7) is 3.72. The Kier molecular flexibility index (Phi) is 43.4. The first kappa shape index (κ1) is 29.3. The molecule has 0 aliphatic heterocycles. The topological polar surface area (TPSA) is 0 Å². The molecule has 1 rings (SSSR count). The van der Waals surface area contributed by atoms with Gasteiger partial charge in [-0.1, -0.05) is 6.07 Å². The summed E-state index contributed by atoms with van der Waals surface area (Å²) in [4.78, 5) is 0. The first-order valence-corrected chi connectivity index (χ1v) is 2.26. The number of hydrogen-bond donors (Lipinski definition) is 0. The summed E-state index contributed by atoms with van der Waals surface area (Å²) in [6.07, 6.45) is 0. The fourth-order valence-corrected chi connectivity index (χ4v) is 0.478. The fourth-order valence-electron chi connectivity index (χ4n) is 0.478. The summed E-state index contributed by atoms with van der Waals surface area (Å²) in [5.41, 5.74) is 1.07. The molecule has 1 aromatic carbocycles. The van der Waals surface area contributed by atoms with E-state index in [-0.39, 0.29) is 68.2 Å². The fraction of sp³-hybridized carbons (Fsp3) is 0. The summed E-state index contributed by atoms with van der Waals surface area (Å²) in [5.74, 6) is 0. The Morgan fingerprint density at radius 1 is 0.750 bits per heavy atom. The third-order valence-electron chi connectivity index (χ3n) is 0.843. The van der Waals surface area contributed by atoms with Crippen LogP contribution < -0.4 is 49.6 Å². The number of halogens is 4. The molecule has 69 valence electrons. The molecule has 0 aliphatic rings. The molecule has 0 nitrogen and oxygen atoms in total. The summed E-state index contributed by atoms with van der Waals surface area (Å²) < 4.78 is 0. The first-order valence-electron chi connectivity index (χ1n) is 2.26. The van der Waals surface area contributed by atoms with Gasteiger partial charge in [-0.15, -0.1) is 12.1 Å². The van der Waals surface area contributed by atoms with E-state index in [0.717, 1.165) is 5.56 Å². The molecule has 0 bridgehead atoms. The zero-order valence-electron chi connectivity index (χ0n) is 6.05. The van der Waals surface area contributed by atoms with Crippen molar-refractivity contribution in [2.45, 2.75) is 0 Å². The van der Waals surface area contributed by atoms with Crippen molar-refractivity contribution in [3.05, 3.63) is 42.8 Å². The molecule has 5 heteroatoms. The predicted octanol–water partition coefficient (Wildman–Crippen LogP) is -10.1. The van der Waals surface area contributed by atoms with E-state index in [1.165, 1.54) is 0 Å². The van der Waals surface area contributed by atoms with Gasteiger partial charge in [-0.05, 0) is 0 Å². The maximum atomic E-state index is 3.72. The summed E-state index contributed by atoms with van der Waals surface area (Å²) in [6, 6.07) is 9.87. The van der Waals surface area contributed by atoms with E-state index in [9.17, 15) is 0 Å². The van der Waals surface area contributed by atoms with Gasteiger partial charge in [0.1, 0.15) is 0 Å². The van der Waals surface area contributed by atoms with Gasteiger partial charge in [0.15, 0.2) is 0 Å². The second kappa shape index (κ2) is 17.8. The van der Waals surface area contributed by atoms with Crippen LogP contribution in [0.3, 0.4) is 0 Å². The minimum Gasteiger partial charge on any atom is -1.00 e. The Labute approximate surface area is 110 Å². The van der Waals surface area contributed by atoms with Crippen LogP contribution >= 0.6 is 0 Å². The Hall–Kier alpha value is 0.834. The van der Waals surface area contributed by atoms with Crippen LogP contribution in [0.25, 0.3) is 0 Å².